The summed E-state index contributed by atoms with van der Waals surface area (Å²) in [6.07, 6.45) is 5.28. The Hall–Kier alpha value is -1.67. The Bertz CT molecular complexity index is 657. The second kappa shape index (κ2) is 5.61. The molecule has 0 spiro atoms. The van der Waals surface area contributed by atoms with Crippen molar-refractivity contribution >= 4 is 28.9 Å². The number of rotatable bonds is 6. The Labute approximate surface area is 126 Å². The van der Waals surface area contributed by atoms with Gasteiger partial charge in [0, 0.05) is 11.8 Å². The van der Waals surface area contributed by atoms with Gasteiger partial charge < -0.3 is 9.72 Å². The molecule has 2 N–H and O–H groups in total. The summed E-state index contributed by atoms with van der Waals surface area (Å²) < 4.78 is 4.94. The number of hydrogen-bond acceptors (Lipinski definition) is 7. The van der Waals surface area contributed by atoms with Gasteiger partial charge in [-0.3, -0.25) is 10.1 Å². The molecule has 0 aromatic carbocycles. The van der Waals surface area contributed by atoms with Crippen LogP contribution in [-0.2, 0) is 9.53 Å². The zero-order chi connectivity index (χ0) is 14.9. The normalized spacial score (nSPS) is 17.6. The van der Waals surface area contributed by atoms with Crippen LogP contribution in [0, 0.1) is 0 Å². The number of hydrogen-bond donors (Lipinski definition) is 2. The predicted octanol–water partition coefficient (Wildman–Crippen LogP) is 1.13. The average molecular weight is 307 g/mol. The summed E-state index contributed by atoms with van der Waals surface area (Å²) in [5, 5.41) is 4.15. The van der Waals surface area contributed by atoms with E-state index < -0.39 is 5.54 Å². The number of thioether (sulfide) groups is 1. The number of fused-ring (bicyclic) bond motifs is 1. The van der Waals surface area contributed by atoms with Crippen molar-refractivity contribution in [3.05, 3.63) is 12.7 Å². The number of carbonyl (C=O) groups excluding carboxylic acids is 1. The van der Waals surface area contributed by atoms with E-state index in [1.807, 2.05) is 6.92 Å². The standard InChI is InChI=1S/C13H17N5O2S/c1-13(12(19)20-2,18-8-3-4-8)5-21-11-9-10(15-6-14-9)16-7-17-11/h6-8,18H,3-5H2,1-2H3,(H,14,15,16,17). The second-order valence-corrected chi connectivity index (χ2v) is 6.27. The highest BCUT2D eigenvalue weighted by Crippen LogP contribution is 2.29. The van der Waals surface area contributed by atoms with Crippen molar-refractivity contribution in [3.63, 3.8) is 0 Å². The molecule has 7 nitrogen and oxygen atoms in total. The van der Waals surface area contributed by atoms with Gasteiger partial charge in [-0.05, 0) is 19.8 Å². The smallest absolute Gasteiger partial charge is 0.326 e. The minimum Gasteiger partial charge on any atom is -0.468 e. The van der Waals surface area contributed by atoms with E-state index in [4.69, 9.17) is 4.74 Å². The maximum absolute atomic E-state index is 12.1. The summed E-state index contributed by atoms with van der Waals surface area (Å²) in [5.41, 5.74) is 0.696. The van der Waals surface area contributed by atoms with Crippen LogP contribution in [0.5, 0.6) is 0 Å². The number of imidazole rings is 1. The van der Waals surface area contributed by atoms with Crippen molar-refractivity contribution in [2.24, 2.45) is 0 Å². The zero-order valence-electron chi connectivity index (χ0n) is 11.9. The van der Waals surface area contributed by atoms with Gasteiger partial charge in [0.25, 0.3) is 0 Å². The molecule has 2 heterocycles. The molecule has 0 bridgehead atoms. The summed E-state index contributed by atoms with van der Waals surface area (Å²) in [5.74, 6) is 0.276. The van der Waals surface area contributed by atoms with Crippen LogP contribution in [0.25, 0.3) is 11.2 Å². The highest BCUT2D eigenvalue weighted by Gasteiger charge is 2.39. The molecule has 112 valence electrons. The topological polar surface area (TPSA) is 92.8 Å². The number of esters is 1. The van der Waals surface area contributed by atoms with Crippen LogP contribution in [0.1, 0.15) is 19.8 Å². The lowest BCUT2D eigenvalue weighted by atomic mass is 10.1. The van der Waals surface area contributed by atoms with Crippen LogP contribution in [0.4, 0.5) is 0 Å². The van der Waals surface area contributed by atoms with E-state index in [-0.39, 0.29) is 5.97 Å². The van der Waals surface area contributed by atoms with Gasteiger partial charge in [0.05, 0.1) is 13.4 Å². The number of aromatic amines is 1. The molecule has 2 aromatic rings. The van der Waals surface area contributed by atoms with Gasteiger partial charge in [-0.1, -0.05) is 0 Å². The fraction of sp³-hybridized carbons (Fsp3) is 0.538. The quantitative estimate of drug-likeness (QED) is 0.469. The van der Waals surface area contributed by atoms with E-state index in [1.165, 1.54) is 25.2 Å². The maximum Gasteiger partial charge on any atom is 0.326 e. The summed E-state index contributed by atoms with van der Waals surface area (Å²) in [6, 6.07) is 0.410. The van der Waals surface area contributed by atoms with Gasteiger partial charge in [0.15, 0.2) is 5.65 Å². The highest BCUT2D eigenvalue weighted by molar-refractivity contribution is 7.99. The minimum atomic E-state index is -0.724. The highest BCUT2D eigenvalue weighted by atomic mass is 32.2. The van der Waals surface area contributed by atoms with Gasteiger partial charge in [0.2, 0.25) is 0 Å². The lowest BCUT2D eigenvalue weighted by Crippen LogP contribution is -2.53. The number of ether oxygens (including phenoxy) is 1. The molecule has 1 fully saturated rings. The molecule has 21 heavy (non-hydrogen) atoms. The Kier molecular flexibility index (Phi) is 3.81. The number of methoxy groups -OCH3 is 1. The third-order valence-corrected chi connectivity index (χ3v) is 4.73. The lowest BCUT2D eigenvalue weighted by Gasteiger charge is -2.27. The van der Waals surface area contributed by atoms with Crippen molar-refractivity contribution in [3.8, 4) is 0 Å². The molecule has 0 aliphatic heterocycles. The maximum atomic E-state index is 12.1. The van der Waals surface area contributed by atoms with Crippen LogP contribution >= 0.6 is 11.8 Å². The van der Waals surface area contributed by atoms with Gasteiger partial charge in [0.1, 0.15) is 22.4 Å². The molecule has 0 saturated heterocycles. The van der Waals surface area contributed by atoms with E-state index in [0.29, 0.717) is 17.4 Å². The fourth-order valence-corrected chi connectivity index (χ4v) is 3.17. The molecule has 1 aliphatic carbocycles. The van der Waals surface area contributed by atoms with Crippen molar-refractivity contribution < 1.29 is 9.53 Å². The number of nitrogens with zero attached hydrogens (tertiary/aromatic N) is 3. The third kappa shape index (κ3) is 3.01. The summed E-state index contributed by atoms with van der Waals surface area (Å²) in [6.45, 7) is 1.87. The van der Waals surface area contributed by atoms with Crippen molar-refractivity contribution in [1.29, 1.82) is 0 Å². The van der Waals surface area contributed by atoms with E-state index >= 15 is 0 Å². The van der Waals surface area contributed by atoms with Crippen molar-refractivity contribution in [2.75, 3.05) is 12.9 Å². The number of H-pyrrole nitrogens is 1. The molecule has 0 amide bonds. The van der Waals surface area contributed by atoms with Crippen LogP contribution in [0.15, 0.2) is 17.7 Å². The van der Waals surface area contributed by atoms with Crippen molar-refractivity contribution in [2.45, 2.75) is 36.4 Å². The molecule has 1 saturated carbocycles. The number of aromatic nitrogens is 4. The molecule has 2 aromatic heterocycles. The first-order valence-electron chi connectivity index (χ1n) is 6.75. The molecule has 8 heteroatoms. The van der Waals surface area contributed by atoms with Gasteiger partial charge >= 0.3 is 5.97 Å². The van der Waals surface area contributed by atoms with Crippen LogP contribution in [0.2, 0.25) is 0 Å². The summed E-state index contributed by atoms with van der Waals surface area (Å²) in [7, 11) is 1.41. The minimum absolute atomic E-state index is 0.253. The van der Waals surface area contributed by atoms with E-state index in [2.05, 4.69) is 25.3 Å². The first kappa shape index (κ1) is 14.3. The molecule has 1 atom stereocenters. The lowest BCUT2D eigenvalue weighted by molar-refractivity contribution is -0.147. The SMILES string of the molecule is COC(=O)C(C)(CSc1ncnc2nc[nH]c12)NC1CC1. The van der Waals surface area contributed by atoms with Crippen LogP contribution in [-0.4, -0.2) is 50.3 Å². The molecular formula is C13H17N5O2S. The van der Waals surface area contributed by atoms with Gasteiger partial charge in [-0.25, -0.2) is 15.0 Å². The van der Waals surface area contributed by atoms with Gasteiger partial charge in [-0.2, -0.15) is 0 Å². The second-order valence-electron chi connectivity index (χ2n) is 5.31. The molecule has 1 aliphatic rings. The van der Waals surface area contributed by atoms with E-state index in [9.17, 15) is 4.79 Å². The molecular weight excluding hydrogens is 290 g/mol. The Morgan fingerprint density at radius 2 is 2.33 bits per heavy atom. The molecule has 0 radical (unpaired) electrons. The number of nitrogens with one attached hydrogen (secondary N) is 2. The van der Waals surface area contributed by atoms with E-state index in [1.54, 1.807) is 6.33 Å². The van der Waals surface area contributed by atoms with Crippen LogP contribution < -0.4 is 5.32 Å². The molecule has 3 rings (SSSR count). The molecule has 1 unspecified atom stereocenters. The largest absolute Gasteiger partial charge is 0.468 e. The Morgan fingerprint density at radius 3 is 3.05 bits per heavy atom. The first-order chi connectivity index (χ1) is 10.1. The van der Waals surface area contributed by atoms with Gasteiger partial charge in [-0.15, -0.1) is 11.8 Å². The number of carbonyl (C=O) groups is 1. The fourth-order valence-electron chi connectivity index (χ4n) is 2.13. The van der Waals surface area contributed by atoms with E-state index in [0.717, 1.165) is 23.4 Å². The summed E-state index contributed by atoms with van der Waals surface area (Å²) in [4.78, 5) is 27.6. The van der Waals surface area contributed by atoms with Crippen molar-refractivity contribution in [1.82, 2.24) is 25.3 Å². The zero-order valence-corrected chi connectivity index (χ0v) is 12.7. The van der Waals surface area contributed by atoms with Crippen LogP contribution in [0.3, 0.4) is 0 Å². The Morgan fingerprint density at radius 1 is 1.52 bits per heavy atom. The average Bonchev–Trinajstić information content (AvgIpc) is 3.16. The summed E-state index contributed by atoms with van der Waals surface area (Å²) >= 11 is 1.49. The Balaban J connectivity index is 1.77. The third-order valence-electron chi connectivity index (χ3n) is 3.42. The predicted molar refractivity (Wildman–Crippen MR) is 79.0 cm³/mol. The monoisotopic (exact) mass is 307 g/mol. The first-order valence-corrected chi connectivity index (χ1v) is 7.74.